The zero-order valence-corrected chi connectivity index (χ0v) is 20.0. The Labute approximate surface area is 208 Å². The number of aliphatic hydroxyl groups excluding tert-OH is 1. The summed E-state index contributed by atoms with van der Waals surface area (Å²) in [6.07, 6.45) is 2.86. The highest BCUT2D eigenvalue weighted by Gasteiger charge is 2.24. The first-order chi connectivity index (χ1) is 17.1. The van der Waals surface area contributed by atoms with Gasteiger partial charge in [0, 0.05) is 32.0 Å². The van der Waals surface area contributed by atoms with Gasteiger partial charge in [0.05, 0.1) is 43.7 Å². The largest absolute Gasteiger partial charge is 0.495 e. The van der Waals surface area contributed by atoms with Crippen LogP contribution in [-0.4, -0.2) is 65.5 Å². The second-order valence-corrected chi connectivity index (χ2v) is 8.29. The third-order valence-corrected chi connectivity index (χ3v) is 5.77. The van der Waals surface area contributed by atoms with Crippen molar-refractivity contribution in [1.29, 1.82) is 0 Å². The molecule has 0 saturated carbocycles. The Morgan fingerprint density at radius 2 is 2.17 bits per heavy atom. The second-order valence-electron chi connectivity index (χ2n) is 7.88. The SMILES string of the molecule is COc1ccc(CNc2nc(N3CCO[C@H](CO)C3)ncc2C(=O)NCc2ccccn2)cc1Cl. The molecule has 1 fully saturated rings. The van der Waals surface area contributed by atoms with Gasteiger partial charge >= 0.3 is 0 Å². The third-order valence-electron chi connectivity index (χ3n) is 5.48. The minimum absolute atomic E-state index is 0.0894. The van der Waals surface area contributed by atoms with Crippen molar-refractivity contribution in [1.82, 2.24) is 20.3 Å². The number of rotatable bonds is 9. The highest BCUT2D eigenvalue weighted by Crippen LogP contribution is 2.26. The van der Waals surface area contributed by atoms with Gasteiger partial charge in [-0.25, -0.2) is 4.98 Å². The van der Waals surface area contributed by atoms with Crippen molar-refractivity contribution in [3.05, 3.63) is 70.6 Å². The lowest BCUT2D eigenvalue weighted by atomic mass is 10.2. The Hall–Kier alpha value is -3.47. The number of halogens is 1. The molecule has 3 aromatic rings. The van der Waals surface area contributed by atoms with Crippen LogP contribution in [-0.2, 0) is 17.8 Å². The fourth-order valence-corrected chi connectivity index (χ4v) is 3.89. The number of nitrogens with one attached hydrogen (secondary N) is 2. The van der Waals surface area contributed by atoms with Crippen LogP contribution in [0.15, 0.2) is 48.8 Å². The summed E-state index contributed by atoms with van der Waals surface area (Å²) in [7, 11) is 1.56. The van der Waals surface area contributed by atoms with E-state index in [9.17, 15) is 9.90 Å². The van der Waals surface area contributed by atoms with Crippen molar-refractivity contribution in [2.45, 2.75) is 19.2 Å². The van der Waals surface area contributed by atoms with Gasteiger partial charge in [0.2, 0.25) is 5.95 Å². The molecular formula is C24H27ClN6O4. The average molecular weight is 499 g/mol. The van der Waals surface area contributed by atoms with Gasteiger partial charge in [-0.2, -0.15) is 4.98 Å². The van der Waals surface area contributed by atoms with Crippen molar-refractivity contribution in [3.8, 4) is 5.75 Å². The van der Waals surface area contributed by atoms with E-state index in [1.165, 1.54) is 6.20 Å². The van der Waals surface area contributed by atoms with E-state index in [4.69, 9.17) is 21.1 Å². The topological polar surface area (TPSA) is 122 Å². The van der Waals surface area contributed by atoms with E-state index in [0.29, 0.717) is 54.3 Å². The smallest absolute Gasteiger partial charge is 0.256 e. The summed E-state index contributed by atoms with van der Waals surface area (Å²) in [6, 6.07) is 11.0. The van der Waals surface area contributed by atoms with Crippen molar-refractivity contribution in [2.24, 2.45) is 0 Å². The molecule has 35 heavy (non-hydrogen) atoms. The summed E-state index contributed by atoms with van der Waals surface area (Å²) in [5.74, 6) is 1.09. The summed E-state index contributed by atoms with van der Waals surface area (Å²) < 4.78 is 10.7. The number of amides is 1. The zero-order chi connectivity index (χ0) is 24.6. The highest BCUT2D eigenvalue weighted by atomic mass is 35.5. The van der Waals surface area contributed by atoms with Gasteiger partial charge in [-0.3, -0.25) is 9.78 Å². The summed E-state index contributed by atoms with van der Waals surface area (Å²) in [6.45, 7) is 2.05. The molecule has 0 aliphatic carbocycles. The van der Waals surface area contributed by atoms with Crippen molar-refractivity contribution >= 4 is 29.3 Å². The molecule has 0 bridgehead atoms. The van der Waals surface area contributed by atoms with Gasteiger partial charge < -0.3 is 30.1 Å². The number of hydrogen-bond acceptors (Lipinski definition) is 9. The first-order valence-electron chi connectivity index (χ1n) is 11.2. The molecule has 0 unspecified atom stereocenters. The van der Waals surface area contributed by atoms with Gasteiger partial charge in [0.25, 0.3) is 5.91 Å². The van der Waals surface area contributed by atoms with Crippen LogP contribution in [0.5, 0.6) is 5.75 Å². The summed E-state index contributed by atoms with van der Waals surface area (Å²) in [5, 5.41) is 16.1. The molecule has 184 valence electrons. The maximum atomic E-state index is 13.0. The molecule has 1 aliphatic rings. The highest BCUT2D eigenvalue weighted by molar-refractivity contribution is 6.32. The Morgan fingerprint density at radius 1 is 1.29 bits per heavy atom. The van der Waals surface area contributed by atoms with Crippen molar-refractivity contribution in [2.75, 3.05) is 43.6 Å². The average Bonchev–Trinajstić information content (AvgIpc) is 2.91. The number of anilines is 2. The predicted octanol–water partition coefficient (Wildman–Crippen LogP) is 2.27. The van der Waals surface area contributed by atoms with Crippen molar-refractivity contribution < 1.29 is 19.4 Å². The van der Waals surface area contributed by atoms with E-state index in [1.54, 1.807) is 25.4 Å². The predicted molar refractivity (Wildman–Crippen MR) is 132 cm³/mol. The molecule has 2 aromatic heterocycles. The number of aromatic nitrogens is 3. The van der Waals surface area contributed by atoms with Crippen LogP contribution in [0.3, 0.4) is 0 Å². The van der Waals surface area contributed by atoms with E-state index < -0.39 is 0 Å². The molecule has 10 nitrogen and oxygen atoms in total. The van der Waals surface area contributed by atoms with E-state index >= 15 is 0 Å². The molecule has 0 radical (unpaired) electrons. The van der Waals surface area contributed by atoms with Crippen molar-refractivity contribution in [3.63, 3.8) is 0 Å². The van der Waals surface area contributed by atoms with Gasteiger partial charge in [0.1, 0.15) is 17.1 Å². The number of carbonyl (C=O) groups is 1. The quantitative estimate of drug-likeness (QED) is 0.407. The monoisotopic (exact) mass is 498 g/mol. The Kier molecular flexibility index (Phi) is 8.30. The van der Waals surface area contributed by atoms with Crippen LogP contribution in [0.4, 0.5) is 11.8 Å². The lowest BCUT2D eigenvalue weighted by Gasteiger charge is -2.32. The lowest BCUT2D eigenvalue weighted by Crippen LogP contribution is -2.45. The summed E-state index contributed by atoms with van der Waals surface area (Å²) >= 11 is 6.26. The third kappa shape index (κ3) is 6.36. The standard InChI is InChI=1S/C24H27ClN6O4/c1-34-21-6-5-16(10-20(21)25)11-27-22-19(23(33)28-12-17-4-2-3-7-26-17)13-29-24(30-22)31-8-9-35-18(14-31)15-32/h2-7,10,13,18,32H,8-9,11-12,14-15H2,1H3,(H,28,33)(H,27,29,30)/t18-/m0/s1. The van der Waals surface area contributed by atoms with Gasteiger partial charge in [-0.1, -0.05) is 23.7 Å². The number of pyridine rings is 1. The fourth-order valence-electron chi connectivity index (χ4n) is 3.61. The normalized spacial score (nSPS) is 15.5. The van der Waals surface area contributed by atoms with E-state index in [2.05, 4.69) is 25.6 Å². The number of ether oxygens (including phenoxy) is 2. The fraction of sp³-hybridized carbons (Fsp3) is 0.333. The Balaban J connectivity index is 1.55. The summed E-state index contributed by atoms with van der Waals surface area (Å²) in [5.41, 5.74) is 1.93. The van der Waals surface area contributed by atoms with Crippen LogP contribution in [0.25, 0.3) is 0 Å². The maximum Gasteiger partial charge on any atom is 0.256 e. The Bertz CT molecular complexity index is 1150. The molecule has 1 saturated heterocycles. The minimum atomic E-state index is -0.326. The van der Waals surface area contributed by atoms with Gasteiger partial charge in [-0.15, -0.1) is 0 Å². The van der Waals surface area contributed by atoms with Crippen LogP contribution in [0.2, 0.25) is 5.02 Å². The molecule has 1 amide bonds. The molecule has 4 rings (SSSR count). The van der Waals surface area contributed by atoms with E-state index in [1.807, 2.05) is 29.2 Å². The van der Waals surface area contributed by atoms with E-state index in [0.717, 1.165) is 11.3 Å². The van der Waals surface area contributed by atoms with Gasteiger partial charge in [-0.05, 0) is 29.8 Å². The summed E-state index contributed by atoms with van der Waals surface area (Å²) in [4.78, 5) is 28.2. The lowest BCUT2D eigenvalue weighted by molar-refractivity contribution is 0.00314. The number of aliphatic hydroxyl groups is 1. The number of nitrogens with zero attached hydrogens (tertiary/aromatic N) is 4. The molecule has 11 heteroatoms. The van der Waals surface area contributed by atoms with E-state index in [-0.39, 0.29) is 25.2 Å². The molecular weight excluding hydrogens is 472 g/mol. The second kappa shape index (κ2) is 11.8. The van der Waals surface area contributed by atoms with Crippen LogP contribution >= 0.6 is 11.6 Å². The van der Waals surface area contributed by atoms with Gasteiger partial charge in [0.15, 0.2) is 0 Å². The Morgan fingerprint density at radius 3 is 2.91 bits per heavy atom. The number of benzene rings is 1. The molecule has 1 aliphatic heterocycles. The number of hydrogen-bond donors (Lipinski definition) is 3. The number of morpholine rings is 1. The molecule has 1 atom stereocenters. The van der Waals surface area contributed by atoms with Crippen LogP contribution in [0.1, 0.15) is 21.6 Å². The first kappa shape index (κ1) is 24.6. The minimum Gasteiger partial charge on any atom is -0.495 e. The number of carbonyl (C=O) groups excluding carboxylic acids is 1. The maximum absolute atomic E-state index is 13.0. The molecule has 1 aromatic carbocycles. The van der Waals surface area contributed by atoms with Crippen LogP contribution in [0, 0.1) is 0 Å². The molecule has 0 spiro atoms. The van der Waals surface area contributed by atoms with Crippen LogP contribution < -0.4 is 20.3 Å². The molecule has 3 heterocycles. The number of methoxy groups -OCH3 is 1. The molecule has 3 N–H and O–H groups in total. The first-order valence-corrected chi connectivity index (χ1v) is 11.5. The zero-order valence-electron chi connectivity index (χ0n) is 19.3.